The second kappa shape index (κ2) is 6.76. The van der Waals surface area contributed by atoms with Gasteiger partial charge in [0.05, 0.1) is 40.5 Å². The number of likely N-dealkylation sites (tertiary alicyclic amines) is 1. The Bertz CT molecular complexity index is 1060. The van der Waals surface area contributed by atoms with Gasteiger partial charge in [0.1, 0.15) is 10.8 Å². The normalized spacial score (nSPS) is 22.1. The number of thiazole rings is 1. The average Bonchev–Trinajstić information content (AvgIpc) is 3.24. The molecule has 28 heavy (non-hydrogen) atoms. The highest BCUT2D eigenvalue weighted by atomic mass is 32.1. The predicted octanol–water partition coefficient (Wildman–Crippen LogP) is 2.38. The number of ketones is 1. The summed E-state index contributed by atoms with van der Waals surface area (Å²) in [4.78, 5) is 32.2. The van der Waals surface area contributed by atoms with E-state index in [9.17, 15) is 14.0 Å². The molecule has 0 spiro atoms. The van der Waals surface area contributed by atoms with Gasteiger partial charge in [0.15, 0.2) is 6.67 Å². The van der Waals surface area contributed by atoms with Crippen LogP contribution in [0, 0.1) is 5.82 Å². The number of carbonyl (C=O) groups is 2. The number of carbonyl (C=O) groups excluding carboxylic acids is 2. The molecule has 3 heterocycles. The third-order valence-electron chi connectivity index (χ3n) is 5.59. The molecule has 2 atom stereocenters. The Labute approximate surface area is 165 Å². The SMILES string of the molecule is O=C1C(=O)N(C[NH+]2CCC[C@H](c3nc4ccccc4s3)C2)c2ccc(F)cc21. The highest BCUT2D eigenvalue weighted by molar-refractivity contribution is 7.18. The van der Waals surface area contributed by atoms with Gasteiger partial charge in [-0.2, -0.15) is 0 Å². The molecule has 3 aromatic rings. The Morgan fingerprint density at radius 3 is 2.93 bits per heavy atom. The van der Waals surface area contributed by atoms with Crippen molar-refractivity contribution >= 4 is 38.9 Å². The Kier molecular flexibility index (Phi) is 4.21. The first-order valence-corrected chi connectivity index (χ1v) is 10.3. The number of nitrogens with one attached hydrogen (secondary N) is 1. The quantitative estimate of drug-likeness (QED) is 0.692. The van der Waals surface area contributed by atoms with Crippen LogP contribution in [0.1, 0.15) is 34.1 Å². The molecule has 0 radical (unpaired) electrons. The summed E-state index contributed by atoms with van der Waals surface area (Å²) in [6.07, 6.45) is 2.13. The van der Waals surface area contributed by atoms with Gasteiger partial charge in [-0.1, -0.05) is 12.1 Å². The van der Waals surface area contributed by atoms with Crippen LogP contribution in [0.25, 0.3) is 10.2 Å². The molecular formula is C21H19FN3O2S+. The van der Waals surface area contributed by atoms with Crippen LogP contribution in [0.2, 0.25) is 0 Å². The molecule has 1 saturated heterocycles. The van der Waals surface area contributed by atoms with E-state index in [1.54, 1.807) is 11.3 Å². The van der Waals surface area contributed by atoms with Crippen molar-refractivity contribution in [3.63, 3.8) is 0 Å². The van der Waals surface area contributed by atoms with Crippen LogP contribution < -0.4 is 9.80 Å². The molecular weight excluding hydrogens is 377 g/mol. The maximum Gasteiger partial charge on any atom is 0.303 e. The second-order valence-corrected chi connectivity index (χ2v) is 8.51. The zero-order chi connectivity index (χ0) is 19.3. The predicted molar refractivity (Wildman–Crippen MR) is 105 cm³/mol. The number of fused-ring (bicyclic) bond motifs is 2. The van der Waals surface area contributed by atoms with Gasteiger partial charge in [-0.05, 0) is 43.2 Å². The van der Waals surface area contributed by atoms with Gasteiger partial charge in [0, 0.05) is 0 Å². The first kappa shape index (κ1) is 17.5. The highest BCUT2D eigenvalue weighted by Gasteiger charge is 2.39. The number of nitrogens with zero attached hydrogens (tertiary/aromatic N) is 2. The summed E-state index contributed by atoms with van der Waals surface area (Å²) in [5, 5.41) is 1.14. The van der Waals surface area contributed by atoms with E-state index in [2.05, 4.69) is 6.07 Å². The molecule has 1 unspecified atom stereocenters. The van der Waals surface area contributed by atoms with Gasteiger partial charge in [-0.15, -0.1) is 11.3 Å². The summed E-state index contributed by atoms with van der Waals surface area (Å²) in [5.74, 6) is -1.32. The van der Waals surface area contributed by atoms with Gasteiger partial charge in [0.25, 0.3) is 5.78 Å². The summed E-state index contributed by atoms with van der Waals surface area (Å²) in [6.45, 7) is 2.23. The van der Waals surface area contributed by atoms with Crippen LogP contribution in [0.5, 0.6) is 0 Å². The molecule has 1 aromatic heterocycles. The second-order valence-electron chi connectivity index (χ2n) is 7.44. The zero-order valence-electron chi connectivity index (χ0n) is 15.2. The Hall–Kier alpha value is -2.64. The van der Waals surface area contributed by atoms with E-state index in [0.29, 0.717) is 18.3 Å². The fourth-order valence-corrected chi connectivity index (χ4v) is 5.33. The molecule has 5 rings (SSSR count). The number of para-hydroxylation sites is 1. The standard InChI is InChI=1S/C21H18FN3O2S/c22-14-7-8-17-15(10-14)19(26)21(27)25(17)12-24-9-3-4-13(11-24)20-23-16-5-1-2-6-18(16)28-20/h1-2,5-8,10,13H,3-4,9,11-12H2/p+1/t13-/m0/s1. The monoisotopic (exact) mass is 396 g/mol. The number of halogens is 1. The first-order valence-electron chi connectivity index (χ1n) is 9.45. The molecule has 0 aliphatic carbocycles. The largest absolute Gasteiger partial charge is 0.317 e. The van der Waals surface area contributed by atoms with Gasteiger partial charge in [-0.3, -0.25) is 14.5 Å². The summed E-state index contributed by atoms with van der Waals surface area (Å²) in [7, 11) is 0. The van der Waals surface area contributed by atoms with Gasteiger partial charge in [0.2, 0.25) is 0 Å². The number of hydrogen-bond acceptors (Lipinski definition) is 4. The van der Waals surface area contributed by atoms with Crippen molar-refractivity contribution in [1.29, 1.82) is 0 Å². The van der Waals surface area contributed by atoms with Crippen LogP contribution in [-0.2, 0) is 4.79 Å². The molecule has 2 aliphatic rings. The number of quaternary nitrogens is 1. The van der Waals surface area contributed by atoms with E-state index in [0.717, 1.165) is 42.5 Å². The van der Waals surface area contributed by atoms with E-state index in [1.165, 1.54) is 26.6 Å². The Morgan fingerprint density at radius 2 is 2.07 bits per heavy atom. The van der Waals surface area contributed by atoms with Crippen molar-refractivity contribution < 1.29 is 18.9 Å². The topological polar surface area (TPSA) is 54.7 Å². The van der Waals surface area contributed by atoms with Crippen LogP contribution in [0.4, 0.5) is 10.1 Å². The number of hydrogen-bond donors (Lipinski definition) is 1. The van der Waals surface area contributed by atoms with Crippen molar-refractivity contribution in [3.05, 3.63) is 58.9 Å². The molecule has 2 aromatic carbocycles. The smallest absolute Gasteiger partial charge is 0.303 e. The van der Waals surface area contributed by atoms with Crippen LogP contribution >= 0.6 is 11.3 Å². The summed E-state index contributed by atoms with van der Waals surface area (Å²) in [5.41, 5.74) is 1.72. The van der Waals surface area contributed by atoms with Gasteiger partial charge < -0.3 is 4.90 Å². The van der Waals surface area contributed by atoms with Crippen molar-refractivity contribution in [2.45, 2.75) is 18.8 Å². The molecule has 142 valence electrons. The maximum absolute atomic E-state index is 13.5. The Balaban J connectivity index is 1.36. The van der Waals surface area contributed by atoms with Crippen molar-refractivity contribution in [2.75, 3.05) is 24.7 Å². The summed E-state index contributed by atoms with van der Waals surface area (Å²) < 4.78 is 14.7. The lowest BCUT2D eigenvalue weighted by Gasteiger charge is -2.31. The summed E-state index contributed by atoms with van der Waals surface area (Å²) in [6, 6.07) is 12.1. The van der Waals surface area contributed by atoms with E-state index < -0.39 is 17.5 Å². The molecule has 5 nitrogen and oxygen atoms in total. The maximum atomic E-state index is 13.5. The van der Waals surface area contributed by atoms with Crippen molar-refractivity contribution in [2.24, 2.45) is 0 Å². The molecule has 0 saturated carbocycles. The minimum atomic E-state index is -0.617. The number of benzene rings is 2. The number of piperidine rings is 1. The molecule has 1 fully saturated rings. The fourth-order valence-electron chi connectivity index (χ4n) is 4.22. The zero-order valence-corrected chi connectivity index (χ0v) is 16.0. The van der Waals surface area contributed by atoms with E-state index in [4.69, 9.17) is 4.98 Å². The molecule has 1 amide bonds. The van der Waals surface area contributed by atoms with Crippen LogP contribution in [0.15, 0.2) is 42.5 Å². The number of rotatable bonds is 3. The average molecular weight is 396 g/mol. The molecule has 7 heteroatoms. The van der Waals surface area contributed by atoms with Gasteiger partial charge >= 0.3 is 5.91 Å². The van der Waals surface area contributed by atoms with Crippen LogP contribution in [0.3, 0.4) is 0 Å². The lowest BCUT2D eigenvalue weighted by molar-refractivity contribution is -0.905. The van der Waals surface area contributed by atoms with Gasteiger partial charge in [-0.25, -0.2) is 9.37 Å². The van der Waals surface area contributed by atoms with E-state index >= 15 is 0 Å². The van der Waals surface area contributed by atoms with E-state index in [1.807, 2.05) is 18.2 Å². The lowest BCUT2D eigenvalue weighted by Crippen LogP contribution is -3.15. The minimum Gasteiger partial charge on any atom is -0.317 e. The summed E-state index contributed by atoms with van der Waals surface area (Å²) >= 11 is 1.74. The van der Waals surface area contributed by atoms with Crippen molar-refractivity contribution in [1.82, 2.24) is 4.98 Å². The Morgan fingerprint density at radius 1 is 1.21 bits per heavy atom. The fraction of sp³-hybridized carbons (Fsp3) is 0.286. The number of anilines is 1. The van der Waals surface area contributed by atoms with Crippen molar-refractivity contribution in [3.8, 4) is 0 Å². The number of amides is 1. The van der Waals surface area contributed by atoms with Crippen LogP contribution in [-0.4, -0.2) is 36.4 Å². The molecule has 1 N–H and O–H groups in total. The van der Waals surface area contributed by atoms with E-state index in [-0.39, 0.29) is 5.56 Å². The molecule has 2 aliphatic heterocycles. The highest BCUT2D eigenvalue weighted by Crippen LogP contribution is 2.31. The third kappa shape index (κ3) is 2.91. The lowest BCUT2D eigenvalue weighted by atomic mass is 9.99. The molecule has 0 bridgehead atoms. The number of aromatic nitrogens is 1. The first-order chi connectivity index (χ1) is 13.6. The third-order valence-corrected chi connectivity index (χ3v) is 6.79. The number of Topliss-reactive ketones (excluding diaryl/α,β-unsaturated/α-hetero) is 1. The minimum absolute atomic E-state index is 0.170.